The normalized spacial score (nSPS) is 11.8. The molecule has 0 spiro atoms. The van der Waals surface area contributed by atoms with Crippen LogP contribution in [0.25, 0.3) is 0 Å². The number of carbonyl (C=O) groups excluding carboxylic acids is 2. The first-order chi connectivity index (χ1) is 11.7. The van der Waals surface area contributed by atoms with Crippen LogP contribution >= 0.6 is 0 Å². The molecule has 0 aliphatic carbocycles. The fourth-order valence-corrected chi connectivity index (χ4v) is 2.39. The van der Waals surface area contributed by atoms with Crippen molar-refractivity contribution >= 4 is 11.8 Å². The Balaban J connectivity index is 2.17. The van der Waals surface area contributed by atoms with Crippen LogP contribution in [0.1, 0.15) is 50.6 Å². The van der Waals surface area contributed by atoms with Gasteiger partial charge in [0.1, 0.15) is 11.5 Å². The maximum absolute atomic E-state index is 13.7. The van der Waals surface area contributed by atoms with Crippen LogP contribution in [0.5, 0.6) is 0 Å². The Morgan fingerprint density at radius 1 is 1.16 bits per heavy atom. The second-order valence-corrected chi connectivity index (χ2v) is 6.23. The van der Waals surface area contributed by atoms with E-state index < -0.39 is 0 Å². The summed E-state index contributed by atoms with van der Waals surface area (Å²) in [6, 6.07) is 7.64. The average Bonchev–Trinajstić information content (AvgIpc) is 2.56. The van der Waals surface area contributed by atoms with E-state index in [9.17, 15) is 14.0 Å². The van der Waals surface area contributed by atoms with Crippen molar-refractivity contribution in [1.29, 1.82) is 0 Å². The molecule has 0 bridgehead atoms. The number of hydrogen-bond donors (Lipinski definition) is 1. The summed E-state index contributed by atoms with van der Waals surface area (Å²) < 4.78 is 13.7. The molecule has 5 nitrogen and oxygen atoms in total. The number of rotatable bonds is 4. The van der Waals surface area contributed by atoms with Gasteiger partial charge < -0.3 is 10.2 Å². The van der Waals surface area contributed by atoms with Crippen LogP contribution in [0.2, 0.25) is 0 Å². The molecule has 25 heavy (non-hydrogen) atoms. The first kappa shape index (κ1) is 18.6. The number of pyridine rings is 1. The molecule has 0 saturated heterocycles. The minimum atomic E-state index is -0.356. The molecule has 1 atom stereocenters. The summed E-state index contributed by atoms with van der Waals surface area (Å²) in [5, 5.41) is 2.83. The van der Waals surface area contributed by atoms with Crippen molar-refractivity contribution in [2.24, 2.45) is 0 Å². The largest absolute Gasteiger partial charge is 0.345 e. The summed E-state index contributed by atoms with van der Waals surface area (Å²) in [7, 11) is 3.28. The third-order valence-electron chi connectivity index (χ3n) is 4.00. The van der Waals surface area contributed by atoms with Crippen molar-refractivity contribution in [3.05, 3.63) is 64.2 Å². The molecule has 0 radical (unpaired) electrons. The number of aromatic nitrogens is 1. The number of carbonyl (C=O) groups is 2. The summed E-state index contributed by atoms with van der Waals surface area (Å²) in [6.45, 7) is 5.15. The highest BCUT2D eigenvalue weighted by Gasteiger charge is 2.17. The number of aryl methyl sites for hydroxylation is 2. The van der Waals surface area contributed by atoms with Crippen molar-refractivity contribution in [2.75, 3.05) is 14.1 Å². The lowest BCUT2D eigenvalue weighted by Crippen LogP contribution is -2.28. The Hall–Kier alpha value is -2.76. The maximum Gasteiger partial charge on any atom is 0.271 e. The molecule has 0 unspecified atom stereocenters. The number of amides is 2. The molecule has 2 aromatic rings. The van der Waals surface area contributed by atoms with E-state index in [4.69, 9.17) is 0 Å². The zero-order valence-corrected chi connectivity index (χ0v) is 15.1. The van der Waals surface area contributed by atoms with Crippen molar-refractivity contribution in [3.63, 3.8) is 0 Å². The van der Waals surface area contributed by atoms with Crippen LogP contribution in [0.15, 0.2) is 30.3 Å². The highest BCUT2D eigenvalue weighted by Crippen LogP contribution is 2.17. The van der Waals surface area contributed by atoms with Crippen LogP contribution in [0.3, 0.4) is 0 Å². The van der Waals surface area contributed by atoms with Gasteiger partial charge in [0.2, 0.25) is 0 Å². The Kier molecular flexibility index (Phi) is 5.51. The topological polar surface area (TPSA) is 62.3 Å². The Bertz CT molecular complexity index is 818. The highest BCUT2D eigenvalue weighted by molar-refractivity contribution is 5.97. The van der Waals surface area contributed by atoms with E-state index in [0.717, 1.165) is 0 Å². The lowest BCUT2D eigenvalue weighted by molar-refractivity contribution is 0.0820. The van der Waals surface area contributed by atoms with E-state index in [1.807, 2.05) is 0 Å². The summed E-state index contributed by atoms with van der Waals surface area (Å²) in [6.07, 6.45) is 0. The zero-order valence-electron chi connectivity index (χ0n) is 15.1. The molecule has 0 fully saturated rings. The van der Waals surface area contributed by atoms with E-state index in [2.05, 4.69) is 10.3 Å². The van der Waals surface area contributed by atoms with Crippen LogP contribution < -0.4 is 5.32 Å². The first-order valence-electron chi connectivity index (χ1n) is 7.97. The molecule has 132 valence electrons. The minimum absolute atomic E-state index is 0.224. The number of halogens is 1. The number of nitrogens with zero attached hydrogens (tertiary/aromatic N) is 2. The molecule has 0 aliphatic heterocycles. The molecule has 0 aliphatic rings. The smallest absolute Gasteiger partial charge is 0.271 e. The molecule has 1 aromatic heterocycles. The van der Waals surface area contributed by atoms with Gasteiger partial charge in [-0.1, -0.05) is 12.1 Å². The molecular weight excluding hydrogens is 321 g/mol. The highest BCUT2D eigenvalue weighted by atomic mass is 19.1. The fourth-order valence-electron chi connectivity index (χ4n) is 2.39. The van der Waals surface area contributed by atoms with Gasteiger partial charge in [-0.2, -0.15) is 0 Å². The van der Waals surface area contributed by atoms with Gasteiger partial charge in [0, 0.05) is 14.1 Å². The predicted octanol–water partition coefficient (Wildman–Crippen LogP) is 3.03. The number of nitrogens with one attached hydrogen (secondary N) is 1. The third-order valence-corrected chi connectivity index (χ3v) is 4.00. The van der Waals surface area contributed by atoms with E-state index in [1.54, 1.807) is 53.1 Å². The maximum atomic E-state index is 13.7. The van der Waals surface area contributed by atoms with Gasteiger partial charge in [-0.25, -0.2) is 9.37 Å². The standard InChI is InChI=1S/C19H22FN3O2/c1-11-6-7-14(10-16(11)20)12(2)22-18(24)15-8-9-17(21-13(15)3)19(25)23(4)5/h6-10,12H,1-5H3,(H,22,24)/t12-/m1/s1. The molecule has 2 amide bonds. The predicted molar refractivity (Wildman–Crippen MR) is 94.0 cm³/mol. The van der Waals surface area contributed by atoms with Gasteiger partial charge >= 0.3 is 0 Å². The Morgan fingerprint density at radius 3 is 2.40 bits per heavy atom. The number of benzene rings is 1. The Morgan fingerprint density at radius 2 is 1.84 bits per heavy atom. The van der Waals surface area contributed by atoms with Crippen molar-refractivity contribution in [2.45, 2.75) is 26.8 Å². The van der Waals surface area contributed by atoms with Crippen molar-refractivity contribution < 1.29 is 14.0 Å². The van der Waals surface area contributed by atoms with E-state index in [0.29, 0.717) is 22.4 Å². The molecule has 2 rings (SSSR count). The van der Waals surface area contributed by atoms with Gasteiger partial charge in [-0.15, -0.1) is 0 Å². The van der Waals surface area contributed by atoms with Gasteiger partial charge in [0.25, 0.3) is 11.8 Å². The molecule has 1 aromatic carbocycles. The van der Waals surface area contributed by atoms with Gasteiger partial charge in [-0.3, -0.25) is 9.59 Å². The summed E-state index contributed by atoms with van der Waals surface area (Å²) >= 11 is 0. The quantitative estimate of drug-likeness (QED) is 0.928. The Labute approximate surface area is 146 Å². The summed E-state index contributed by atoms with van der Waals surface area (Å²) in [5.74, 6) is -0.844. The monoisotopic (exact) mass is 343 g/mol. The van der Waals surface area contributed by atoms with Crippen LogP contribution in [-0.4, -0.2) is 35.8 Å². The molecule has 1 N–H and O–H groups in total. The molecular formula is C19H22FN3O2. The summed E-state index contributed by atoms with van der Waals surface area (Å²) in [4.78, 5) is 30.0. The van der Waals surface area contributed by atoms with Gasteiger partial charge in [0.05, 0.1) is 17.3 Å². The van der Waals surface area contributed by atoms with Crippen molar-refractivity contribution in [3.8, 4) is 0 Å². The van der Waals surface area contributed by atoms with Crippen LogP contribution in [-0.2, 0) is 0 Å². The van der Waals surface area contributed by atoms with E-state index in [1.165, 1.54) is 17.0 Å². The first-order valence-corrected chi connectivity index (χ1v) is 7.97. The second-order valence-electron chi connectivity index (χ2n) is 6.23. The van der Waals surface area contributed by atoms with E-state index >= 15 is 0 Å². The number of hydrogen-bond acceptors (Lipinski definition) is 3. The fraction of sp³-hybridized carbons (Fsp3) is 0.316. The molecule has 1 heterocycles. The zero-order chi connectivity index (χ0) is 18.7. The van der Waals surface area contributed by atoms with Crippen LogP contribution in [0.4, 0.5) is 4.39 Å². The molecule has 6 heteroatoms. The summed E-state index contributed by atoms with van der Waals surface area (Å²) in [5.41, 5.74) is 2.37. The van der Waals surface area contributed by atoms with Crippen molar-refractivity contribution in [1.82, 2.24) is 15.2 Å². The second kappa shape index (κ2) is 7.42. The third kappa shape index (κ3) is 4.21. The minimum Gasteiger partial charge on any atom is -0.345 e. The van der Waals surface area contributed by atoms with Crippen LogP contribution in [0, 0.1) is 19.7 Å². The van der Waals surface area contributed by atoms with E-state index in [-0.39, 0.29) is 29.4 Å². The van der Waals surface area contributed by atoms with Gasteiger partial charge in [0.15, 0.2) is 0 Å². The van der Waals surface area contributed by atoms with Gasteiger partial charge in [-0.05, 0) is 50.1 Å². The average molecular weight is 343 g/mol. The lowest BCUT2D eigenvalue weighted by Gasteiger charge is -2.16. The molecule has 0 saturated carbocycles. The lowest BCUT2D eigenvalue weighted by atomic mass is 10.1. The SMILES string of the molecule is Cc1ccc([C@@H](C)NC(=O)c2ccc(C(=O)N(C)C)nc2C)cc1F.